The summed E-state index contributed by atoms with van der Waals surface area (Å²) in [6.45, 7) is 0. The van der Waals surface area contributed by atoms with E-state index in [1.807, 2.05) is 6.07 Å². The van der Waals surface area contributed by atoms with Crippen molar-refractivity contribution in [3.8, 4) is 27.9 Å². The molecular weight excluding hydrogens is 550 g/mol. The van der Waals surface area contributed by atoms with Crippen LogP contribution in [0.5, 0.6) is 0 Å². The number of hydrogen-bond donors (Lipinski definition) is 0. The van der Waals surface area contributed by atoms with Crippen molar-refractivity contribution in [3.05, 3.63) is 152 Å². The number of nitrogens with zero attached hydrogens (tertiary/aromatic N) is 1. The summed E-state index contributed by atoms with van der Waals surface area (Å²) in [4.78, 5) is 0. The highest BCUT2D eigenvalue weighted by atomic mass is 16.3. The zero-order chi connectivity index (χ0) is 29.5. The highest BCUT2D eigenvalue weighted by Gasteiger charge is 2.18. The Balaban J connectivity index is 1.16. The summed E-state index contributed by atoms with van der Waals surface area (Å²) >= 11 is 0. The van der Waals surface area contributed by atoms with E-state index in [4.69, 9.17) is 8.83 Å². The summed E-state index contributed by atoms with van der Waals surface area (Å²) in [5, 5.41) is 6.77. The third-order valence-corrected chi connectivity index (χ3v) is 9.20. The molecule has 3 aromatic heterocycles. The fourth-order valence-electron chi connectivity index (χ4n) is 7.09. The first-order chi connectivity index (χ1) is 22.3. The minimum atomic E-state index is 0.835. The second kappa shape index (κ2) is 9.22. The molecule has 0 fully saturated rings. The SMILES string of the molecule is c1ccc(-c2ccc3oc4ccc5c6cc(-c7ccc8c(c7)c7ccccc7n8-c7ccccc7)ccc6oc5c4c3c2)cc1. The molecule has 3 heteroatoms. The number of fused-ring (bicyclic) bond motifs is 10. The number of rotatable bonds is 3. The van der Waals surface area contributed by atoms with Crippen LogP contribution in [0.2, 0.25) is 0 Å². The Labute approximate surface area is 258 Å². The van der Waals surface area contributed by atoms with Crippen LogP contribution in [-0.4, -0.2) is 4.57 Å². The van der Waals surface area contributed by atoms with Crippen LogP contribution in [0.4, 0.5) is 0 Å². The van der Waals surface area contributed by atoms with Crippen LogP contribution in [0, 0.1) is 0 Å². The first-order valence-electron chi connectivity index (χ1n) is 15.3. The van der Waals surface area contributed by atoms with Crippen LogP contribution >= 0.6 is 0 Å². The predicted molar refractivity (Wildman–Crippen MR) is 186 cm³/mol. The van der Waals surface area contributed by atoms with Gasteiger partial charge in [0, 0.05) is 32.6 Å². The van der Waals surface area contributed by atoms with Gasteiger partial charge in [0.2, 0.25) is 0 Å². The molecule has 10 aromatic rings. The van der Waals surface area contributed by atoms with Gasteiger partial charge in [-0.25, -0.2) is 0 Å². The smallest absolute Gasteiger partial charge is 0.147 e. The van der Waals surface area contributed by atoms with E-state index >= 15 is 0 Å². The number of para-hydroxylation sites is 2. The molecule has 0 aliphatic rings. The Bertz CT molecular complexity index is 2740. The van der Waals surface area contributed by atoms with Crippen LogP contribution in [0.3, 0.4) is 0 Å². The largest absolute Gasteiger partial charge is 0.456 e. The Morgan fingerprint density at radius 3 is 1.78 bits per heavy atom. The summed E-state index contributed by atoms with van der Waals surface area (Å²) in [5.74, 6) is 0. The first kappa shape index (κ1) is 24.4. The number of benzene rings is 7. The van der Waals surface area contributed by atoms with Crippen LogP contribution < -0.4 is 0 Å². The molecule has 0 radical (unpaired) electrons. The van der Waals surface area contributed by atoms with Crippen molar-refractivity contribution in [2.45, 2.75) is 0 Å². The summed E-state index contributed by atoms with van der Waals surface area (Å²) in [6.07, 6.45) is 0. The second-order valence-electron chi connectivity index (χ2n) is 11.7. The van der Waals surface area contributed by atoms with E-state index in [9.17, 15) is 0 Å². The van der Waals surface area contributed by atoms with E-state index in [0.29, 0.717) is 0 Å². The van der Waals surface area contributed by atoms with Crippen molar-refractivity contribution in [3.63, 3.8) is 0 Å². The molecule has 0 atom stereocenters. The van der Waals surface area contributed by atoms with Gasteiger partial charge in [0.05, 0.1) is 16.4 Å². The maximum Gasteiger partial charge on any atom is 0.147 e. The van der Waals surface area contributed by atoms with Crippen LogP contribution in [0.15, 0.2) is 160 Å². The third kappa shape index (κ3) is 3.58. The van der Waals surface area contributed by atoms with Crippen molar-refractivity contribution < 1.29 is 8.83 Å². The van der Waals surface area contributed by atoms with Gasteiger partial charge in [0.15, 0.2) is 0 Å². The lowest BCUT2D eigenvalue weighted by atomic mass is 9.99. The molecular formula is C42H25NO2. The maximum absolute atomic E-state index is 6.59. The number of hydrogen-bond acceptors (Lipinski definition) is 2. The third-order valence-electron chi connectivity index (χ3n) is 9.20. The molecule has 0 amide bonds. The minimum absolute atomic E-state index is 0.835. The van der Waals surface area contributed by atoms with Crippen molar-refractivity contribution in [2.75, 3.05) is 0 Å². The highest BCUT2D eigenvalue weighted by molar-refractivity contribution is 6.22. The summed E-state index contributed by atoms with van der Waals surface area (Å²) in [7, 11) is 0. The molecule has 7 aromatic carbocycles. The lowest BCUT2D eigenvalue weighted by Gasteiger charge is -2.08. The van der Waals surface area contributed by atoms with Gasteiger partial charge in [-0.05, 0) is 89.0 Å². The van der Waals surface area contributed by atoms with Gasteiger partial charge in [-0.2, -0.15) is 0 Å². The molecule has 45 heavy (non-hydrogen) atoms. The van der Waals surface area contributed by atoms with E-state index in [2.05, 4.69) is 150 Å². The van der Waals surface area contributed by atoms with E-state index in [1.54, 1.807) is 0 Å². The van der Waals surface area contributed by atoms with E-state index in [0.717, 1.165) is 60.7 Å². The van der Waals surface area contributed by atoms with E-state index in [1.165, 1.54) is 32.9 Å². The fourth-order valence-corrected chi connectivity index (χ4v) is 7.09. The van der Waals surface area contributed by atoms with Crippen LogP contribution in [0.25, 0.3) is 93.6 Å². The Hall–Kier alpha value is -6.06. The topological polar surface area (TPSA) is 31.2 Å². The molecule has 0 bridgehead atoms. The average Bonchev–Trinajstić information content (AvgIpc) is 3.77. The zero-order valence-electron chi connectivity index (χ0n) is 24.2. The van der Waals surface area contributed by atoms with Gasteiger partial charge in [-0.3, -0.25) is 0 Å². The van der Waals surface area contributed by atoms with Crippen molar-refractivity contribution in [2.24, 2.45) is 0 Å². The van der Waals surface area contributed by atoms with Gasteiger partial charge in [0.1, 0.15) is 22.3 Å². The van der Waals surface area contributed by atoms with Crippen molar-refractivity contribution in [1.29, 1.82) is 0 Å². The quantitative estimate of drug-likeness (QED) is 0.210. The fraction of sp³-hybridized carbons (Fsp3) is 0. The second-order valence-corrected chi connectivity index (χ2v) is 11.7. The minimum Gasteiger partial charge on any atom is -0.456 e. The lowest BCUT2D eigenvalue weighted by Crippen LogP contribution is -1.92. The Morgan fingerprint density at radius 2 is 0.956 bits per heavy atom. The average molecular weight is 576 g/mol. The molecule has 3 nitrogen and oxygen atoms in total. The molecule has 0 spiro atoms. The van der Waals surface area contributed by atoms with Crippen LogP contribution in [-0.2, 0) is 0 Å². The molecule has 0 aliphatic heterocycles. The van der Waals surface area contributed by atoms with Gasteiger partial charge in [0.25, 0.3) is 0 Å². The van der Waals surface area contributed by atoms with Crippen LogP contribution in [0.1, 0.15) is 0 Å². The summed E-state index contributed by atoms with van der Waals surface area (Å²) in [5.41, 5.74) is 11.7. The monoisotopic (exact) mass is 575 g/mol. The summed E-state index contributed by atoms with van der Waals surface area (Å²) < 4.78 is 15.2. The molecule has 10 rings (SSSR count). The molecule has 0 aliphatic carbocycles. The molecule has 0 saturated heterocycles. The molecule has 0 N–H and O–H groups in total. The normalized spacial score (nSPS) is 12.0. The highest BCUT2D eigenvalue weighted by Crippen LogP contribution is 2.42. The standard InChI is InChI=1S/C42H25NO2/c1-3-9-26(10-4-1)27-16-21-39-35(25-27)41-40(44-39)22-18-32-34-24-29(17-20-38(34)45-42(32)41)28-15-19-37-33(23-28)31-13-7-8-14-36(31)43(37)30-11-5-2-6-12-30/h1-25H. The van der Waals surface area contributed by atoms with E-state index in [-0.39, 0.29) is 0 Å². The zero-order valence-corrected chi connectivity index (χ0v) is 24.2. The first-order valence-corrected chi connectivity index (χ1v) is 15.3. The molecule has 0 saturated carbocycles. The van der Waals surface area contributed by atoms with Gasteiger partial charge in [-0.1, -0.05) is 84.9 Å². The predicted octanol–water partition coefficient (Wildman–Crippen LogP) is 11.9. The van der Waals surface area contributed by atoms with Crippen molar-refractivity contribution in [1.82, 2.24) is 4.57 Å². The Morgan fingerprint density at radius 1 is 0.356 bits per heavy atom. The van der Waals surface area contributed by atoms with Crippen molar-refractivity contribution >= 4 is 65.7 Å². The summed E-state index contributed by atoms with van der Waals surface area (Å²) in [6, 6.07) is 53.7. The molecule has 210 valence electrons. The molecule has 0 unspecified atom stereocenters. The molecule has 3 heterocycles. The number of furan rings is 2. The van der Waals surface area contributed by atoms with Gasteiger partial charge >= 0.3 is 0 Å². The lowest BCUT2D eigenvalue weighted by molar-refractivity contribution is 0.663. The van der Waals surface area contributed by atoms with E-state index < -0.39 is 0 Å². The maximum atomic E-state index is 6.59. The van der Waals surface area contributed by atoms with Gasteiger partial charge in [-0.15, -0.1) is 0 Å². The Kier molecular flexibility index (Phi) is 5.00. The number of aromatic nitrogens is 1. The van der Waals surface area contributed by atoms with Gasteiger partial charge < -0.3 is 13.4 Å².